The summed E-state index contributed by atoms with van der Waals surface area (Å²) in [6, 6.07) is 9.77. The van der Waals surface area contributed by atoms with E-state index in [9.17, 15) is 22.8 Å². The molecule has 0 bridgehead atoms. The summed E-state index contributed by atoms with van der Waals surface area (Å²) in [6.45, 7) is 6.99. The maximum absolute atomic E-state index is 13.3. The summed E-state index contributed by atoms with van der Waals surface area (Å²) in [6.07, 6.45) is -4.89. The number of halogens is 3. The lowest BCUT2D eigenvalue weighted by Crippen LogP contribution is -2.25. The second-order valence-corrected chi connectivity index (χ2v) is 8.42. The topological polar surface area (TPSA) is 66.8 Å². The van der Waals surface area contributed by atoms with Gasteiger partial charge in [-0.15, -0.1) is 13.2 Å². The zero-order valence-corrected chi connectivity index (χ0v) is 18.9. The molecule has 0 spiro atoms. The molecule has 0 aliphatic heterocycles. The summed E-state index contributed by atoms with van der Waals surface area (Å²) in [5.41, 5.74) is 1.14. The molecule has 33 heavy (non-hydrogen) atoms. The van der Waals surface area contributed by atoms with E-state index >= 15 is 0 Å². The van der Waals surface area contributed by atoms with Crippen LogP contribution in [0.4, 0.5) is 13.2 Å². The van der Waals surface area contributed by atoms with Gasteiger partial charge in [0.15, 0.2) is 0 Å². The molecule has 3 aromatic rings. The van der Waals surface area contributed by atoms with E-state index < -0.39 is 29.6 Å². The Labute approximate surface area is 188 Å². The predicted octanol–water partition coefficient (Wildman–Crippen LogP) is 5.43. The van der Waals surface area contributed by atoms with Crippen LogP contribution < -0.4 is 9.47 Å². The van der Waals surface area contributed by atoms with Crippen molar-refractivity contribution >= 4 is 22.8 Å². The van der Waals surface area contributed by atoms with Gasteiger partial charge in [-0.25, -0.2) is 0 Å². The van der Waals surface area contributed by atoms with Crippen molar-refractivity contribution in [2.24, 2.45) is 0 Å². The molecule has 0 saturated heterocycles. The van der Waals surface area contributed by atoms with Gasteiger partial charge < -0.3 is 14.2 Å². The molecule has 0 amide bonds. The van der Waals surface area contributed by atoms with Gasteiger partial charge in [0.2, 0.25) is 0 Å². The third-order valence-corrected chi connectivity index (χ3v) is 4.82. The van der Waals surface area contributed by atoms with Gasteiger partial charge >= 0.3 is 12.3 Å². The first-order valence-corrected chi connectivity index (χ1v) is 10.1. The maximum atomic E-state index is 13.3. The smallest absolute Gasteiger partial charge is 0.497 e. The van der Waals surface area contributed by atoms with E-state index in [-0.39, 0.29) is 12.0 Å². The molecule has 0 aliphatic carbocycles. The number of carbonyl (C=O) groups is 2. The molecule has 6 nitrogen and oxygen atoms in total. The van der Waals surface area contributed by atoms with Crippen LogP contribution in [0, 0.1) is 6.92 Å². The van der Waals surface area contributed by atoms with Gasteiger partial charge in [-0.1, -0.05) is 0 Å². The Kier molecular flexibility index (Phi) is 6.44. The Morgan fingerprint density at radius 2 is 1.58 bits per heavy atom. The first-order valence-electron chi connectivity index (χ1n) is 10.1. The number of esters is 1. The first-order chi connectivity index (χ1) is 15.3. The van der Waals surface area contributed by atoms with Crippen molar-refractivity contribution in [3.05, 3.63) is 59.3 Å². The Hall–Kier alpha value is -3.49. The molecule has 0 N–H and O–H groups in total. The van der Waals surface area contributed by atoms with Gasteiger partial charge in [-0.05, 0) is 75.7 Å². The maximum Gasteiger partial charge on any atom is 0.573 e. The van der Waals surface area contributed by atoms with Crippen LogP contribution in [0.15, 0.2) is 42.5 Å². The van der Waals surface area contributed by atoms with Crippen LogP contribution in [0.3, 0.4) is 0 Å². The number of alkyl halides is 3. The van der Waals surface area contributed by atoms with Crippen LogP contribution >= 0.6 is 0 Å². The molecular formula is C24H24F3NO5. The van der Waals surface area contributed by atoms with Crippen LogP contribution in [0.5, 0.6) is 11.5 Å². The van der Waals surface area contributed by atoms with Gasteiger partial charge in [0, 0.05) is 16.6 Å². The van der Waals surface area contributed by atoms with E-state index in [1.54, 1.807) is 45.9 Å². The summed E-state index contributed by atoms with van der Waals surface area (Å²) in [5.74, 6) is -0.792. The lowest BCUT2D eigenvalue weighted by molar-refractivity contribution is -0.274. The number of hydrogen-bond donors (Lipinski definition) is 0. The monoisotopic (exact) mass is 463 g/mol. The lowest BCUT2D eigenvalue weighted by atomic mass is 10.1. The molecule has 1 aromatic heterocycles. The van der Waals surface area contributed by atoms with E-state index in [1.165, 1.54) is 23.8 Å². The second-order valence-electron chi connectivity index (χ2n) is 8.42. The molecule has 176 valence electrons. The minimum Gasteiger partial charge on any atom is -0.497 e. The number of hydrogen-bond acceptors (Lipinski definition) is 5. The van der Waals surface area contributed by atoms with E-state index in [0.29, 0.717) is 27.9 Å². The van der Waals surface area contributed by atoms with E-state index in [2.05, 4.69) is 4.74 Å². The summed E-state index contributed by atoms with van der Waals surface area (Å²) < 4.78 is 53.3. The molecule has 0 aliphatic rings. The van der Waals surface area contributed by atoms with Crippen LogP contribution in [0.25, 0.3) is 10.9 Å². The summed E-state index contributed by atoms with van der Waals surface area (Å²) in [4.78, 5) is 25.8. The van der Waals surface area contributed by atoms with Crippen molar-refractivity contribution in [1.29, 1.82) is 0 Å². The zero-order valence-electron chi connectivity index (χ0n) is 18.9. The molecular weight excluding hydrogens is 439 g/mol. The summed E-state index contributed by atoms with van der Waals surface area (Å²) in [5, 5.41) is 0.642. The number of aromatic nitrogens is 1. The second kappa shape index (κ2) is 8.80. The van der Waals surface area contributed by atoms with Gasteiger partial charge in [-0.2, -0.15) is 0 Å². The average molecular weight is 463 g/mol. The minimum atomic E-state index is -4.83. The van der Waals surface area contributed by atoms with Crippen molar-refractivity contribution in [2.75, 3.05) is 7.11 Å². The van der Waals surface area contributed by atoms with Crippen molar-refractivity contribution < 1.29 is 37.0 Å². The summed E-state index contributed by atoms with van der Waals surface area (Å²) in [7, 11) is 1.51. The van der Waals surface area contributed by atoms with Crippen LogP contribution in [-0.4, -0.2) is 35.5 Å². The highest BCUT2D eigenvalue weighted by Crippen LogP contribution is 2.31. The summed E-state index contributed by atoms with van der Waals surface area (Å²) >= 11 is 0. The number of methoxy groups -OCH3 is 1. The zero-order chi connectivity index (χ0) is 24.6. The van der Waals surface area contributed by atoms with Gasteiger partial charge in [-0.3, -0.25) is 14.2 Å². The molecule has 0 atom stereocenters. The molecule has 9 heteroatoms. The first kappa shape index (κ1) is 24.2. The highest BCUT2D eigenvalue weighted by atomic mass is 19.4. The molecule has 3 rings (SSSR count). The van der Waals surface area contributed by atoms with Crippen LogP contribution in [0.2, 0.25) is 0 Å². The Bertz CT molecular complexity index is 1190. The fourth-order valence-electron chi connectivity index (χ4n) is 3.52. The molecule has 1 heterocycles. The van der Waals surface area contributed by atoms with Crippen molar-refractivity contribution in [2.45, 2.75) is 46.1 Å². The van der Waals surface area contributed by atoms with Crippen LogP contribution in [0.1, 0.15) is 42.4 Å². The van der Waals surface area contributed by atoms with Gasteiger partial charge in [0.25, 0.3) is 5.91 Å². The third kappa shape index (κ3) is 5.66. The number of benzene rings is 2. The fourth-order valence-corrected chi connectivity index (χ4v) is 3.52. The SMILES string of the molecule is COc1ccc2c(c1)c(CC(=O)OC(C)(C)C)c(C)n2C(=O)c1ccc(OC(F)(F)F)cc1. The van der Waals surface area contributed by atoms with Crippen molar-refractivity contribution in [1.82, 2.24) is 4.57 Å². The normalized spacial score (nSPS) is 12.0. The average Bonchev–Trinajstić information content (AvgIpc) is 2.96. The minimum absolute atomic E-state index is 0.0641. The molecule has 0 saturated carbocycles. The fraction of sp³-hybridized carbons (Fsp3) is 0.333. The van der Waals surface area contributed by atoms with E-state index in [1.807, 2.05) is 0 Å². The molecule has 2 aromatic carbocycles. The van der Waals surface area contributed by atoms with Gasteiger partial charge in [0.05, 0.1) is 19.0 Å². The number of ether oxygens (including phenoxy) is 3. The highest BCUT2D eigenvalue weighted by molar-refractivity contribution is 6.05. The standard InChI is InChI=1S/C24H24F3NO5/c1-14-18(13-21(29)33-23(2,3)4)19-12-17(31-5)10-11-20(19)28(14)22(30)15-6-8-16(9-7-15)32-24(25,26)27/h6-12H,13H2,1-5H3. The lowest BCUT2D eigenvalue weighted by Gasteiger charge is -2.19. The Morgan fingerprint density at radius 1 is 0.970 bits per heavy atom. The van der Waals surface area contributed by atoms with Crippen LogP contribution in [-0.2, 0) is 16.0 Å². The van der Waals surface area contributed by atoms with E-state index in [4.69, 9.17) is 9.47 Å². The number of nitrogens with zero attached hydrogens (tertiary/aromatic N) is 1. The highest BCUT2D eigenvalue weighted by Gasteiger charge is 2.31. The number of rotatable bonds is 5. The number of fused-ring (bicyclic) bond motifs is 1. The van der Waals surface area contributed by atoms with Gasteiger partial charge in [0.1, 0.15) is 17.1 Å². The molecule has 0 radical (unpaired) electrons. The van der Waals surface area contributed by atoms with Crippen molar-refractivity contribution in [3.8, 4) is 11.5 Å². The van der Waals surface area contributed by atoms with E-state index in [0.717, 1.165) is 12.1 Å². The van der Waals surface area contributed by atoms with Crippen molar-refractivity contribution in [3.63, 3.8) is 0 Å². The number of carbonyl (C=O) groups excluding carboxylic acids is 2. The largest absolute Gasteiger partial charge is 0.573 e. The Balaban J connectivity index is 2.04. The quantitative estimate of drug-likeness (QED) is 0.472. The third-order valence-electron chi connectivity index (χ3n) is 4.82. The predicted molar refractivity (Wildman–Crippen MR) is 116 cm³/mol. The molecule has 0 unspecified atom stereocenters. The molecule has 0 fully saturated rings. The Morgan fingerprint density at radius 3 is 2.12 bits per heavy atom.